The van der Waals surface area contributed by atoms with Crippen molar-refractivity contribution in [3.63, 3.8) is 0 Å². The van der Waals surface area contributed by atoms with Crippen LogP contribution < -0.4 is 10.4 Å². The molecule has 2 aromatic rings. The fourth-order valence-corrected chi connectivity index (χ4v) is 9.35. The molecule has 0 aliphatic carbocycles. The molecule has 0 bridgehead atoms. The van der Waals surface area contributed by atoms with Gasteiger partial charge in [0.05, 0.1) is 12.7 Å². The molecule has 1 aliphatic heterocycles. The molecule has 5 atom stereocenters. The van der Waals surface area contributed by atoms with E-state index in [-0.39, 0.29) is 11.6 Å². The fraction of sp³-hybridized carbons (Fsp3) is 0.520. The SMILES string of the molecule is CCO[C@@H]1OC(CO[Si](c2ccccc2)(c2ccccc2)C(C)(C)C)[C@@H](OC)[C@H](O)C1N=[N+]=[N-]. The molecule has 1 aliphatic rings. The van der Waals surface area contributed by atoms with Crippen molar-refractivity contribution >= 4 is 18.7 Å². The van der Waals surface area contributed by atoms with Gasteiger partial charge in [-0.25, -0.2) is 0 Å². The molecular weight excluding hydrogens is 450 g/mol. The minimum atomic E-state index is -2.81. The van der Waals surface area contributed by atoms with Crippen LogP contribution in [0.3, 0.4) is 0 Å². The maximum Gasteiger partial charge on any atom is 0.261 e. The Hall–Kier alpha value is -2.23. The normalized spacial score (nSPS) is 25.5. The summed E-state index contributed by atoms with van der Waals surface area (Å²) in [7, 11) is -1.31. The Labute approximate surface area is 202 Å². The van der Waals surface area contributed by atoms with E-state index < -0.39 is 39.0 Å². The molecule has 0 radical (unpaired) electrons. The number of ether oxygens (including phenoxy) is 3. The molecule has 2 unspecified atom stereocenters. The van der Waals surface area contributed by atoms with Gasteiger partial charge in [-0.15, -0.1) is 0 Å². The number of hydrogen-bond donors (Lipinski definition) is 1. The van der Waals surface area contributed by atoms with E-state index in [0.717, 1.165) is 10.4 Å². The third-order valence-corrected chi connectivity index (χ3v) is 11.3. The Bertz CT molecular complexity index is 909. The van der Waals surface area contributed by atoms with Crippen LogP contribution in [0.5, 0.6) is 0 Å². The van der Waals surface area contributed by atoms with E-state index >= 15 is 0 Å². The predicted octanol–water partition coefficient (Wildman–Crippen LogP) is 3.38. The molecule has 1 fully saturated rings. The maximum atomic E-state index is 11.0. The van der Waals surface area contributed by atoms with Crippen LogP contribution in [0.4, 0.5) is 0 Å². The minimum Gasteiger partial charge on any atom is -0.405 e. The predicted molar refractivity (Wildman–Crippen MR) is 134 cm³/mol. The maximum absolute atomic E-state index is 11.0. The average Bonchev–Trinajstić information content (AvgIpc) is 2.82. The summed E-state index contributed by atoms with van der Waals surface area (Å²) in [5.41, 5.74) is 8.97. The van der Waals surface area contributed by atoms with Gasteiger partial charge in [-0.2, -0.15) is 0 Å². The van der Waals surface area contributed by atoms with Crippen LogP contribution >= 0.6 is 0 Å². The number of nitrogens with zero attached hydrogens (tertiary/aromatic N) is 3. The third-order valence-electron chi connectivity index (χ3n) is 6.31. The smallest absolute Gasteiger partial charge is 0.261 e. The summed E-state index contributed by atoms with van der Waals surface area (Å²) in [6, 6.07) is 19.7. The van der Waals surface area contributed by atoms with Crippen molar-refractivity contribution in [3.8, 4) is 0 Å². The van der Waals surface area contributed by atoms with Gasteiger partial charge in [0, 0.05) is 18.6 Å². The molecule has 9 heteroatoms. The summed E-state index contributed by atoms with van der Waals surface area (Å²) in [5, 5.41) is 16.7. The Morgan fingerprint density at radius 2 is 1.62 bits per heavy atom. The zero-order valence-corrected chi connectivity index (χ0v) is 21.5. The van der Waals surface area contributed by atoms with Crippen molar-refractivity contribution in [1.29, 1.82) is 0 Å². The highest BCUT2D eigenvalue weighted by atomic mass is 28.4. The first-order valence-corrected chi connectivity index (χ1v) is 13.5. The molecule has 1 saturated heterocycles. The van der Waals surface area contributed by atoms with E-state index in [4.69, 9.17) is 24.2 Å². The van der Waals surface area contributed by atoms with E-state index in [1.807, 2.05) is 43.3 Å². The third kappa shape index (κ3) is 5.21. The second kappa shape index (κ2) is 11.5. The first-order chi connectivity index (χ1) is 16.3. The number of hydrogen-bond acceptors (Lipinski definition) is 6. The Morgan fingerprint density at radius 1 is 1.06 bits per heavy atom. The van der Waals surface area contributed by atoms with E-state index in [1.54, 1.807) is 0 Å². The molecule has 0 saturated carbocycles. The second-order valence-electron chi connectivity index (χ2n) is 9.36. The Kier molecular flexibility index (Phi) is 8.89. The number of rotatable bonds is 9. The topological polar surface area (TPSA) is 106 Å². The molecule has 0 amide bonds. The van der Waals surface area contributed by atoms with Crippen molar-refractivity contribution in [2.24, 2.45) is 5.11 Å². The van der Waals surface area contributed by atoms with Crippen molar-refractivity contribution in [1.82, 2.24) is 0 Å². The lowest BCUT2D eigenvalue weighted by Gasteiger charge is -2.46. The van der Waals surface area contributed by atoms with Crippen LogP contribution in [0.25, 0.3) is 10.4 Å². The quantitative estimate of drug-likeness (QED) is 0.254. The Balaban J connectivity index is 2.01. The largest absolute Gasteiger partial charge is 0.405 e. The van der Waals surface area contributed by atoms with Gasteiger partial charge in [0.15, 0.2) is 6.29 Å². The monoisotopic (exact) mass is 485 g/mol. The number of azide groups is 1. The molecule has 0 aromatic heterocycles. The highest BCUT2D eigenvalue weighted by Gasteiger charge is 2.52. The van der Waals surface area contributed by atoms with Gasteiger partial charge in [-0.1, -0.05) is 86.5 Å². The van der Waals surface area contributed by atoms with Gasteiger partial charge in [0.1, 0.15) is 18.2 Å². The fourth-order valence-electron chi connectivity index (χ4n) is 4.78. The lowest BCUT2D eigenvalue weighted by molar-refractivity contribution is -0.267. The van der Waals surface area contributed by atoms with E-state index in [2.05, 4.69) is 55.1 Å². The number of aliphatic hydroxyl groups is 1. The molecule has 2 aromatic carbocycles. The Morgan fingerprint density at radius 3 is 2.06 bits per heavy atom. The first kappa shape index (κ1) is 26.4. The van der Waals surface area contributed by atoms with Gasteiger partial charge in [-0.05, 0) is 27.9 Å². The van der Waals surface area contributed by atoms with Crippen molar-refractivity contribution in [3.05, 3.63) is 71.1 Å². The van der Waals surface area contributed by atoms with Crippen LogP contribution in [-0.4, -0.2) is 64.4 Å². The lowest BCUT2D eigenvalue weighted by atomic mass is 9.97. The molecule has 3 rings (SSSR count). The number of methoxy groups -OCH3 is 1. The minimum absolute atomic E-state index is 0.176. The standard InChI is InChI=1S/C25H35N3O5Si/c1-6-31-24-21(27-28-26)22(29)23(30-5)20(33-24)17-32-34(25(2,3)4,18-13-9-7-10-14-18)19-15-11-8-12-16-19/h7-16,20-24,29H,6,17H2,1-5H3/t20?,21?,22-,23-,24-/m1/s1. The summed E-state index contributed by atoms with van der Waals surface area (Å²) < 4.78 is 24.4. The van der Waals surface area contributed by atoms with Crippen LogP contribution in [0.2, 0.25) is 5.04 Å². The van der Waals surface area contributed by atoms with Crippen LogP contribution in [0.15, 0.2) is 65.8 Å². The number of benzene rings is 2. The molecule has 34 heavy (non-hydrogen) atoms. The van der Waals surface area contributed by atoms with E-state index in [0.29, 0.717) is 6.61 Å². The molecular formula is C25H35N3O5Si. The van der Waals surface area contributed by atoms with Crippen molar-refractivity contribution < 1.29 is 23.7 Å². The highest BCUT2D eigenvalue weighted by molar-refractivity contribution is 6.99. The average molecular weight is 486 g/mol. The van der Waals surface area contributed by atoms with Gasteiger partial charge < -0.3 is 23.7 Å². The molecule has 184 valence electrons. The van der Waals surface area contributed by atoms with Crippen LogP contribution in [0, 0.1) is 0 Å². The lowest BCUT2D eigenvalue weighted by Crippen LogP contribution is -2.68. The summed E-state index contributed by atoms with van der Waals surface area (Å²) in [6.45, 7) is 8.93. The summed E-state index contributed by atoms with van der Waals surface area (Å²) in [5.74, 6) is 0. The van der Waals surface area contributed by atoms with Crippen LogP contribution in [-0.2, 0) is 18.6 Å². The van der Waals surface area contributed by atoms with Gasteiger partial charge in [0.2, 0.25) is 0 Å². The van der Waals surface area contributed by atoms with E-state index in [1.165, 1.54) is 7.11 Å². The van der Waals surface area contributed by atoms with Gasteiger partial charge in [0.25, 0.3) is 8.32 Å². The molecule has 8 nitrogen and oxygen atoms in total. The van der Waals surface area contributed by atoms with Crippen molar-refractivity contribution in [2.45, 2.75) is 63.4 Å². The van der Waals surface area contributed by atoms with Crippen LogP contribution in [0.1, 0.15) is 27.7 Å². The summed E-state index contributed by atoms with van der Waals surface area (Å²) in [6.07, 6.45) is -3.36. The molecule has 1 N–H and O–H groups in total. The van der Waals surface area contributed by atoms with Gasteiger partial charge in [-0.3, -0.25) is 0 Å². The van der Waals surface area contributed by atoms with Gasteiger partial charge >= 0.3 is 0 Å². The molecule has 0 spiro atoms. The second-order valence-corrected chi connectivity index (χ2v) is 13.7. The zero-order valence-electron chi connectivity index (χ0n) is 20.5. The summed E-state index contributed by atoms with van der Waals surface area (Å²) >= 11 is 0. The first-order valence-electron chi connectivity index (χ1n) is 11.6. The van der Waals surface area contributed by atoms with Crippen molar-refractivity contribution in [2.75, 3.05) is 20.3 Å². The number of aliphatic hydroxyl groups excluding tert-OH is 1. The summed E-state index contributed by atoms with van der Waals surface area (Å²) in [4.78, 5) is 2.86. The van der Waals surface area contributed by atoms with E-state index in [9.17, 15) is 5.11 Å². The zero-order chi connectivity index (χ0) is 24.8. The molecule has 1 heterocycles. The highest BCUT2D eigenvalue weighted by Crippen LogP contribution is 2.37.